The third kappa shape index (κ3) is 5.58. The van der Waals surface area contributed by atoms with E-state index in [9.17, 15) is 9.59 Å². The van der Waals surface area contributed by atoms with Gasteiger partial charge >= 0.3 is 0 Å². The number of hydrogen-bond donors (Lipinski definition) is 1. The van der Waals surface area contributed by atoms with E-state index in [0.29, 0.717) is 30.0 Å². The van der Waals surface area contributed by atoms with E-state index in [1.165, 1.54) is 0 Å². The number of Topliss-reactive ketones (excluding diaryl/α,β-unsaturated/α-hetero) is 1. The van der Waals surface area contributed by atoms with Crippen molar-refractivity contribution in [3.8, 4) is 0 Å². The molecule has 0 aliphatic rings. The van der Waals surface area contributed by atoms with Crippen molar-refractivity contribution < 1.29 is 9.59 Å². The Morgan fingerprint density at radius 3 is 2.67 bits per heavy atom. The van der Waals surface area contributed by atoms with Gasteiger partial charge in [0, 0.05) is 42.4 Å². The summed E-state index contributed by atoms with van der Waals surface area (Å²) >= 11 is 0. The number of imidazole rings is 1. The number of rotatable bonds is 10. The Morgan fingerprint density at radius 1 is 1.08 bits per heavy atom. The summed E-state index contributed by atoms with van der Waals surface area (Å²) in [5, 5.41) is 8.81. The SMILES string of the molecule is CCc1nn(Cc2cccc(C)n2)c2cccc(CC(=O)c3cnc4cc(C(=O)NCCN(C)C)ccn34)c12. The Morgan fingerprint density at radius 2 is 1.90 bits per heavy atom. The van der Waals surface area contributed by atoms with Gasteiger partial charge in [-0.2, -0.15) is 5.10 Å². The van der Waals surface area contributed by atoms with Gasteiger partial charge in [0.25, 0.3) is 5.91 Å². The smallest absolute Gasteiger partial charge is 0.251 e. The largest absolute Gasteiger partial charge is 0.351 e. The summed E-state index contributed by atoms with van der Waals surface area (Å²) in [6, 6.07) is 15.4. The summed E-state index contributed by atoms with van der Waals surface area (Å²) < 4.78 is 3.72. The van der Waals surface area contributed by atoms with Gasteiger partial charge in [-0.15, -0.1) is 0 Å². The van der Waals surface area contributed by atoms with E-state index in [-0.39, 0.29) is 18.1 Å². The van der Waals surface area contributed by atoms with Crippen LogP contribution in [-0.4, -0.2) is 67.9 Å². The fourth-order valence-corrected chi connectivity index (χ4v) is 4.83. The van der Waals surface area contributed by atoms with Crippen LogP contribution >= 0.6 is 0 Å². The molecule has 1 aromatic carbocycles. The van der Waals surface area contributed by atoms with Crippen LogP contribution in [0, 0.1) is 6.92 Å². The highest BCUT2D eigenvalue weighted by Crippen LogP contribution is 2.26. The summed E-state index contributed by atoms with van der Waals surface area (Å²) in [6.07, 6.45) is 4.30. The fourth-order valence-electron chi connectivity index (χ4n) is 4.83. The molecule has 0 unspecified atom stereocenters. The number of aromatic nitrogens is 5. The molecule has 0 radical (unpaired) electrons. The molecule has 0 saturated heterocycles. The molecule has 39 heavy (non-hydrogen) atoms. The molecule has 1 amide bonds. The second-order valence-electron chi connectivity index (χ2n) is 9.99. The van der Waals surface area contributed by atoms with Gasteiger partial charge in [0.2, 0.25) is 0 Å². The first-order valence-corrected chi connectivity index (χ1v) is 13.2. The van der Waals surface area contributed by atoms with E-state index in [2.05, 4.69) is 22.2 Å². The van der Waals surface area contributed by atoms with Gasteiger partial charge in [-0.1, -0.05) is 25.1 Å². The molecule has 0 aliphatic heterocycles. The summed E-state index contributed by atoms with van der Waals surface area (Å²) in [7, 11) is 3.92. The average molecular weight is 524 g/mol. The van der Waals surface area contributed by atoms with Gasteiger partial charge in [0.15, 0.2) is 5.78 Å². The Hall–Kier alpha value is -4.37. The third-order valence-corrected chi connectivity index (χ3v) is 6.79. The van der Waals surface area contributed by atoms with E-state index in [1.54, 1.807) is 28.9 Å². The van der Waals surface area contributed by atoms with Crippen LogP contribution in [0.4, 0.5) is 0 Å². The molecule has 5 rings (SSSR count). The molecule has 0 spiro atoms. The molecule has 9 heteroatoms. The Balaban J connectivity index is 1.40. The zero-order valence-electron chi connectivity index (χ0n) is 22.8. The minimum atomic E-state index is -0.160. The number of nitrogens with one attached hydrogen (secondary N) is 1. The van der Waals surface area contributed by atoms with Crippen molar-refractivity contribution >= 4 is 28.2 Å². The lowest BCUT2D eigenvalue weighted by Crippen LogP contribution is -2.31. The molecule has 0 aliphatic carbocycles. The maximum Gasteiger partial charge on any atom is 0.251 e. The summed E-state index contributed by atoms with van der Waals surface area (Å²) in [6.45, 7) is 5.93. The number of carbonyl (C=O) groups is 2. The van der Waals surface area contributed by atoms with Crippen LogP contribution in [-0.2, 0) is 19.4 Å². The van der Waals surface area contributed by atoms with Gasteiger partial charge in [-0.05, 0) is 63.3 Å². The Kier molecular flexibility index (Phi) is 7.51. The number of amides is 1. The second kappa shape index (κ2) is 11.2. The van der Waals surface area contributed by atoms with Crippen molar-refractivity contribution in [2.45, 2.75) is 33.2 Å². The van der Waals surface area contributed by atoms with Gasteiger partial charge in [0.05, 0.1) is 29.6 Å². The molecule has 200 valence electrons. The molecular formula is C30H33N7O2. The maximum absolute atomic E-state index is 13.5. The predicted octanol–water partition coefficient (Wildman–Crippen LogP) is 3.71. The first-order chi connectivity index (χ1) is 18.8. The van der Waals surface area contributed by atoms with E-state index >= 15 is 0 Å². The predicted molar refractivity (Wildman–Crippen MR) is 151 cm³/mol. The van der Waals surface area contributed by atoms with Crippen LogP contribution in [0.5, 0.6) is 0 Å². The zero-order chi connectivity index (χ0) is 27.5. The minimum Gasteiger partial charge on any atom is -0.351 e. The highest BCUT2D eigenvalue weighted by molar-refractivity contribution is 6.00. The monoisotopic (exact) mass is 523 g/mol. The molecule has 0 saturated carbocycles. The van der Waals surface area contributed by atoms with E-state index < -0.39 is 0 Å². The van der Waals surface area contributed by atoms with E-state index in [4.69, 9.17) is 5.10 Å². The topological polar surface area (TPSA) is 97.4 Å². The van der Waals surface area contributed by atoms with Crippen LogP contribution in [0.3, 0.4) is 0 Å². The number of ketones is 1. The number of benzene rings is 1. The lowest BCUT2D eigenvalue weighted by atomic mass is 10.0. The molecule has 9 nitrogen and oxygen atoms in total. The number of fused-ring (bicyclic) bond motifs is 2. The van der Waals surface area contributed by atoms with Crippen molar-refractivity contribution in [2.24, 2.45) is 0 Å². The summed E-state index contributed by atoms with van der Waals surface area (Å²) in [4.78, 5) is 37.1. The first kappa shape index (κ1) is 26.2. The lowest BCUT2D eigenvalue weighted by Gasteiger charge is -2.10. The van der Waals surface area contributed by atoms with Crippen LogP contribution in [0.25, 0.3) is 16.6 Å². The van der Waals surface area contributed by atoms with Gasteiger partial charge in [-0.25, -0.2) is 4.98 Å². The standard InChI is InChI=1S/C30H33N7O2/c1-5-24-29-21(9-7-11-25(29)37(34-24)19-23-10-6-8-20(2)33-23)16-27(38)26-18-32-28-17-22(12-14-36(26)28)30(39)31-13-15-35(3)4/h6-12,14,17-18H,5,13,15-16,19H2,1-4H3,(H,31,39). The van der Waals surface area contributed by atoms with Crippen molar-refractivity contribution in [1.29, 1.82) is 0 Å². The van der Waals surface area contributed by atoms with Crippen LogP contribution in [0.2, 0.25) is 0 Å². The lowest BCUT2D eigenvalue weighted by molar-refractivity contribution is 0.0950. The third-order valence-electron chi connectivity index (χ3n) is 6.79. The minimum absolute atomic E-state index is 0.0478. The first-order valence-electron chi connectivity index (χ1n) is 13.2. The van der Waals surface area contributed by atoms with Gasteiger partial charge in [0.1, 0.15) is 11.3 Å². The molecular weight excluding hydrogens is 490 g/mol. The van der Waals surface area contributed by atoms with Crippen molar-refractivity contribution in [3.05, 3.63) is 94.8 Å². The van der Waals surface area contributed by atoms with E-state index in [1.807, 2.05) is 67.0 Å². The maximum atomic E-state index is 13.5. The van der Waals surface area contributed by atoms with Gasteiger partial charge < -0.3 is 10.2 Å². The molecule has 0 fully saturated rings. The highest BCUT2D eigenvalue weighted by Gasteiger charge is 2.19. The second-order valence-corrected chi connectivity index (χ2v) is 9.99. The zero-order valence-corrected chi connectivity index (χ0v) is 22.8. The summed E-state index contributed by atoms with van der Waals surface area (Å²) in [5.74, 6) is -0.208. The van der Waals surface area contributed by atoms with Gasteiger partial charge in [-0.3, -0.25) is 23.7 Å². The van der Waals surface area contributed by atoms with Crippen molar-refractivity contribution in [2.75, 3.05) is 27.2 Å². The number of carbonyl (C=O) groups excluding carboxylic acids is 2. The Bertz CT molecular complexity index is 1660. The Labute approximate surface area is 227 Å². The molecule has 0 bridgehead atoms. The average Bonchev–Trinajstić information content (AvgIpc) is 3.50. The summed E-state index contributed by atoms with van der Waals surface area (Å²) in [5.41, 5.74) is 6.35. The fraction of sp³-hybridized carbons (Fsp3) is 0.300. The number of nitrogens with zero attached hydrogens (tertiary/aromatic N) is 6. The number of aryl methyl sites for hydroxylation is 2. The molecule has 5 aromatic rings. The van der Waals surface area contributed by atoms with Crippen molar-refractivity contribution in [1.82, 2.24) is 34.4 Å². The molecule has 4 heterocycles. The molecule has 1 N–H and O–H groups in total. The molecule has 4 aromatic heterocycles. The number of pyridine rings is 2. The van der Waals surface area contributed by atoms with E-state index in [0.717, 1.165) is 46.5 Å². The van der Waals surface area contributed by atoms with Crippen LogP contribution < -0.4 is 5.32 Å². The van der Waals surface area contributed by atoms with Crippen molar-refractivity contribution in [3.63, 3.8) is 0 Å². The van der Waals surface area contributed by atoms with Crippen LogP contribution in [0.1, 0.15) is 50.4 Å². The molecule has 0 atom stereocenters. The number of hydrogen-bond acceptors (Lipinski definition) is 6. The quantitative estimate of drug-likeness (QED) is 0.280. The number of likely N-dealkylation sites (N-methyl/N-ethyl adjacent to an activating group) is 1. The van der Waals surface area contributed by atoms with Crippen LogP contribution in [0.15, 0.2) is 60.9 Å². The highest BCUT2D eigenvalue weighted by atomic mass is 16.1. The normalized spacial score (nSPS) is 11.5.